The van der Waals surface area contributed by atoms with Crippen LogP contribution in [0, 0.1) is 6.92 Å². The molecule has 0 aliphatic carbocycles. The predicted molar refractivity (Wildman–Crippen MR) is 86.5 cm³/mol. The van der Waals surface area contributed by atoms with E-state index in [-0.39, 0.29) is 11.9 Å². The zero-order valence-electron chi connectivity index (χ0n) is 12.3. The van der Waals surface area contributed by atoms with Crippen LogP contribution in [0.2, 0.25) is 5.02 Å². The number of aromatic nitrogens is 2. The molecule has 0 radical (unpaired) electrons. The minimum Gasteiger partial charge on any atom is -0.307 e. The molecule has 110 valence electrons. The highest BCUT2D eigenvalue weighted by atomic mass is 35.5. The number of anilines is 1. The maximum absolute atomic E-state index is 11.9. The molecule has 5 heteroatoms. The molecule has 0 unspecified atom stereocenters. The number of carbonyl (C=O) groups excluding carboxylic acids is 1. The molecule has 2 rings (SSSR count). The van der Waals surface area contributed by atoms with Crippen molar-refractivity contribution in [2.45, 2.75) is 26.8 Å². The first-order valence-corrected chi connectivity index (χ1v) is 7.14. The van der Waals surface area contributed by atoms with E-state index in [0.29, 0.717) is 10.8 Å². The molecule has 0 bridgehead atoms. The summed E-state index contributed by atoms with van der Waals surface area (Å²) in [5, 5.41) is 7.67. The Kier molecular flexibility index (Phi) is 4.81. The highest BCUT2D eigenvalue weighted by Gasteiger charge is 2.07. The molecule has 0 atom stereocenters. The molecule has 0 saturated carbocycles. The number of carbonyl (C=O) groups is 1. The average molecular weight is 304 g/mol. The van der Waals surface area contributed by atoms with Gasteiger partial charge in [-0.25, -0.2) is 4.68 Å². The lowest BCUT2D eigenvalue weighted by Gasteiger charge is -2.10. The minimum absolute atomic E-state index is 0.190. The number of rotatable bonds is 4. The number of nitrogens with zero attached hydrogens (tertiary/aromatic N) is 2. The molecule has 0 aliphatic rings. The van der Waals surface area contributed by atoms with Gasteiger partial charge >= 0.3 is 0 Å². The highest BCUT2D eigenvalue weighted by Crippen LogP contribution is 2.18. The summed E-state index contributed by atoms with van der Waals surface area (Å²) in [6.45, 7) is 5.95. The Balaban J connectivity index is 2.05. The molecule has 0 fully saturated rings. The number of amides is 1. The van der Waals surface area contributed by atoms with E-state index in [4.69, 9.17) is 11.6 Å². The maximum Gasteiger partial charge on any atom is 0.249 e. The maximum atomic E-state index is 11.9. The van der Waals surface area contributed by atoms with Gasteiger partial charge in [0.2, 0.25) is 5.91 Å². The quantitative estimate of drug-likeness (QED) is 0.865. The third-order valence-corrected chi connectivity index (χ3v) is 3.44. The molecule has 1 heterocycles. The van der Waals surface area contributed by atoms with E-state index in [1.165, 1.54) is 6.08 Å². The van der Waals surface area contributed by atoms with Crippen LogP contribution in [0.5, 0.6) is 0 Å². The zero-order valence-corrected chi connectivity index (χ0v) is 13.1. The van der Waals surface area contributed by atoms with Crippen molar-refractivity contribution < 1.29 is 4.79 Å². The van der Waals surface area contributed by atoms with Gasteiger partial charge in [-0.3, -0.25) is 4.79 Å². The van der Waals surface area contributed by atoms with Crippen LogP contribution in [0.4, 0.5) is 5.82 Å². The van der Waals surface area contributed by atoms with Crippen molar-refractivity contribution in [3.05, 3.63) is 52.7 Å². The van der Waals surface area contributed by atoms with Crippen LogP contribution in [0.25, 0.3) is 6.08 Å². The summed E-state index contributed by atoms with van der Waals surface area (Å²) < 4.78 is 1.76. The van der Waals surface area contributed by atoms with Gasteiger partial charge in [0.1, 0.15) is 5.82 Å². The van der Waals surface area contributed by atoms with Crippen molar-refractivity contribution in [1.29, 1.82) is 0 Å². The molecule has 4 nitrogen and oxygen atoms in total. The summed E-state index contributed by atoms with van der Waals surface area (Å²) in [4.78, 5) is 11.9. The van der Waals surface area contributed by atoms with Gasteiger partial charge in [0.15, 0.2) is 0 Å². The second-order valence-corrected chi connectivity index (χ2v) is 5.49. The zero-order chi connectivity index (χ0) is 15.4. The van der Waals surface area contributed by atoms with Gasteiger partial charge in [0, 0.05) is 23.2 Å². The normalized spacial score (nSPS) is 11.3. The van der Waals surface area contributed by atoms with Crippen molar-refractivity contribution in [2.24, 2.45) is 0 Å². The van der Waals surface area contributed by atoms with E-state index in [9.17, 15) is 4.79 Å². The lowest BCUT2D eigenvalue weighted by atomic mass is 10.1. The number of benzene rings is 1. The number of nitrogens with one attached hydrogen (secondary N) is 1. The van der Waals surface area contributed by atoms with Crippen LogP contribution >= 0.6 is 11.6 Å². The molecule has 1 aromatic carbocycles. The van der Waals surface area contributed by atoms with Crippen LogP contribution in [-0.4, -0.2) is 15.7 Å². The summed E-state index contributed by atoms with van der Waals surface area (Å²) in [5.41, 5.74) is 1.90. The smallest absolute Gasteiger partial charge is 0.249 e. The average Bonchev–Trinajstić information content (AvgIpc) is 2.88. The monoisotopic (exact) mass is 303 g/mol. The van der Waals surface area contributed by atoms with Crippen molar-refractivity contribution in [2.75, 3.05) is 5.32 Å². The lowest BCUT2D eigenvalue weighted by molar-refractivity contribution is -0.111. The van der Waals surface area contributed by atoms with Crippen molar-refractivity contribution >= 4 is 29.4 Å². The number of aryl methyl sites for hydroxylation is 1. The summed E-state index contributed by atoms with van der Waals surface area (Å²) in [7, 11) is 0. The highest BCUT2D eigenvalue weighted by molar-refractivity contribution is 6.31. The lowest BCUT2D eigenvalue weighted by Crippen LogP contribution is -2.14. The molecule has 1 amide bonds. The van der Waals surface area contributed by atoms with Crippen LogP contribution in [-0.2, 0) is 4.79 Å². The fraction of sp³-hybridized carbons (Fsp3) is 0.250. The van der Waals surface area contributed by atoms with E-state index in [2.05, 4.69) is 10.4 Å². The Morgan fingerprint density at radius 2 is 2.14 bits per heavy atom. The van der Waals surface area contributed by atoms with Gasteiger partial charge in [0.25, 0.3) is 0 Å². The third kappa shape index (κ3) is 3.95. The van der Waals surface area contributed by atoms with Gasteiger partial charge in [0.05, 0.1) is 6.20 Å². The Morgan fingerprint density at radius 3 is 2.81 bits per heavy atom. The second kappa shape index (κ2) is 6.59. The Labute approximate surface area is 129 Å². The third-order valence-electron chi connectivity index (χ3n) is 3.03. The topological polar surface area (TPSA) is 46.9 Å². The Morgan fingerprint density at radius 1 is 1.38 bits per heavy atom. The fourth-order valence-corrected chi connectivity index (χ4v) is 2.07. The molecule has 0 spiro atoms. The first kappa shape index (κ1) is 15.3. The number of hydrogen-bond acceptors (Lipinski definition) is 2. The molecule has 2 aromatic rings. The SMILES string of the molecule is Cc1ccc(/C=C/C(=O)Nc2ccnn2C(C)C)cc1Cl. The number of halogens is 1. The van der Waals surface area contributed by atoms with E-state index in [1.54, 1.807) is 23.0 Å². The molecular weight excluding hydrogens is 286 g/mol. The molecule has 0 aliphatic heterocycles. The fourth-order valence-electron chi connectivity index (χ4n) is 1.88. The van der Waals surface area contributed by atoms with Crippen LogP contribution in [0.15, 0.2) is 36.5 Å². The Hall–Kier alpha value is -2.07. The van der Waals surface area contributed by atoms with Gasteiger partial charge in [-0.2, -0.15) is 5.10 Å². The van der Waals surface area contributed by atoms with Crippen molar-refractivity contribution in [3.63, 3.8) is 0 Å². The first-order chi connectivity index (χ1) is 9.97. The van der Waals surface area contributed by atoms with E-state index < -0.39 is 0 Å². The first-order valence-electron chi connectivity index (χ1n) is 6.76. The van der Waals surface area contributed by atoms with Crippen LogP contribution < -0.4 is 5.32 Å². The largest absolute Gasteiger partial charge is 0.307 e. The standard InChI is InChI=1S/C16H18ClN3O/c1-11(2)20-15(8-9-18-20)19-16(21)7-6-13-5-4-12(3)14(17)10-13/h4-11H,1-3H3,(H,19,21)/b7-6+. The van der Waals surface area contributed by atoms with Gasteiger partial charge in [-0.15, -0.1) is 0 Å². The molecule has 0 saturated heterocycles. The molecule has 21 heavy (non-hydrogen) atoms. The Bertz CT molecular complexity index is 674. The van der Waals surface area contributed by atoms with Crippen molar-refractivity contribution in [1.82, 2.24) is 9.78 Å². The second-order valence-electron chi connectivity index (χ2n) is 5.09. The summed E-state index contributed by atoms with van der Waals surface area (Å²) in [6.07, 6.45) is 4.88. The summed E-state index contributed by atoms with van der Waals surface area (Å²) in [6, 6.07) is 7.64. The summed E-state index contributed by atoms with van der Waals surface area (Å²) in [5.74, 6) is 0.482. The van der Waals surface area contributed by atoms with Gasteiger partial charge < -0.3 is 5.32 Å². The molecular formula is C16H18ClN3O. The van der Waals surface area contributed by atoms with Crippen LogP contribution in [0.1, 0.15) is 31.0 Å². The molecule has 1 N–H and O–H groups in total. The van der Waals surface area contributed by atoms with Crippen LogP contribution in [0.3, 0.4) is 0 Å². The van der Waals surface area contributed by atoms with Gasteiger partial charge in [-0.05, 0) is 44.0 Å². The molecule has 1 aromatic heterocycles. The minimum atomic E-state index is -0.200. The van der Waals surface area contributed by atoms with E-state index in [0.717, 1.165) is 11.1 Å². The predicted octanol–water partition coefficient (Wildman–Crippen LogP) is 4.08. The summed E-state index contributed by atoms with van der Waals surface area (Å²) >= 11 is 6.05. The van der Waals surface area contributed by atoms with Crippen molar-refractivity contribution in [3.8, 4) is 0 Å². The van der Waals surface area contributed by atoms with E-state index in [1.807, 2.05) is 39.0 Å². The van der Waals surface area contributed by atoms with Gasteiger partial charge in [-0.1, -0.05) is 23.7 Å². The van der Waals surface area contributed by atoms with E-state index >= 15 is 0 Å². The number of hydrogen-bond donors (Lipinski definition) is 1.